The lowest BCUT2D eigenvalue weighted by Gasteiger charge is -2.31. The zero-order valence-corrected chi connectivity index (χ0v) is 8.52. The largest absolute Gasteiger partial charge is 0.393 e. The number of hydrogen-bond donors (Lipinski definition) is 1. The van der Waals surface area contributed by atoms with Gasteiger partial charge in [0.1, 0.15) is 0 Å². The average molecular weight is 158 g/mol. The molecule has 0 saturated heterocycles. The van der Waals surface area contributed by atoms with Gasteiger partial charge in [-0.2, -0.15) is 0 Å². The van der Waals surface area contributed by atoms with E-state index in [9.17, 15) is 5.11 Å². The molecule has 2 atom stereocenters. The molecule has 0 bridgehead atoms. The first-order chi connectivity index (χ1) is 4.90. The van der Waals surface area contributed by atoms with Gasteiger partial charge in [0.05, 0.1) is 6.10 Å². The third-order valence-electron chi connectivity index (χ3n) is 2.94. The first-order valence-corrected chi connectivity index (χ1v) is 4.58. The monoisotopic (exact) mass is 158 g/mol. The average Bonchev–Trinajstić information content (AvgIpc) is 1.86. The van der Waals surface area contributed by atoms with Gasteiger partial charge in [-0.1, -0.05) is 34.1 Å². The highest BCUT2D eigenvalue weighted by atomic mass is 16.3. The van der Waals surface area contributed by atoms with E-state index >= 15 is 0 Å². The summed E-state index contributed by atoms with van der Waals surface area (Å²) in [6, 6.07) is 0. The first kappa shape index (κ1) is 11.0. The molecule has 0 aliphatic heterocycles. The molecule has 0 radical (unpaired) electrons. The Morgan fingerprint density at radius 1 is 1.27 bits per heavy atom. The van der Waals surface area contributed by atoms with Gasteiger partial charge in [-0.3, -0.25) is 0 Å². The Balaban J connectivity index is 3.90. The predicted octanol–water partition coefficient (Wildman–Crippen LogP) is 2.83. The van der Waals surface area contributed by atoms with E-state index in [1.165, 1.54) is 6.42 Å². The molecule has 0 aromatic carbocycles. The number of aliphatic hydroxyl groups is 1. The molecule has 0 heterocycles. The summed E-state index contributed by atoms with van der Waals surface area (Å²) in [5.41, 5.74) is 0.372. The predicted molar refractivity (Wildman–Crippen MR) is 49.5 cm³/mol. The van der Waals surface area contributed by atoms with Crippen LogP contribution in [0, 0.1) is 11.3 Å². The number of rotatable bonds is 4. The summed E-state index contributed by atoms with van der Waals surface area (Å²) < 4.78 is 0. The molecule has 0 rings (SSSR count). The maximum absolute atomic E-state index is 9.18. The summed E-state index contributed by atoms with van der Waals surface area (Å²) in [4.78, 5) is 0. The highest BCUT2D eigenvalue weighted by Crippen LogP contribution is 2.32. The number of aliphatic hydroxyl groups excluding tert-OH is 1. The minimum Gasteiger partial charge on any atom is -0.393 e. The van der Waals surface area contributed by atoms with Gasteiger partial charge in [0, 0.05) is 0 Å². The molecule has 0 spiro atoms. The Hall–Kier alpha value is -0.0400. The Morgan fingerprint density at radius 2 is 1.73 bits per heavy atom. The second kappa shape index (κ2) is 4.10. The minimum absolute atomic E-state index is 0.157. The molecule has 2 unspecified atom stereocenters. The molecule has 11 heavy (non-hydrogen) atoms. The molecular formula is C10H22O. The van der Waals surface area contributed by atoms with Gasteiger partial charge < -0.3 is 5.11 Å². The third-order valence-corrected chi connectivity index (χ3v) is 2.94. The second-order valence-electron chi connectivity index (χ2n) is 4.33. The Kier molecular flexibility index (Phi) is 4.09. The van der Waals surface area contributed by atoms with Crippen LogP contribution in [0.1, 0.15) is 47.5 Å². The van der Waals surface area contributed by atoms with Crippen molar-refractivity contribution in [3.8, 4) is 0 Å². The van der Waals surface area contributed by atoms with Crippen molar-refractivity contribution >= 4 is 0 Å². The standard InChI is InChI=1S/C10H22O/c1-6-10(4,5)8(2)7-9(3)11/h8-9,11H,6-7H2,1-5H3. The van der Waals surface area contributed by atoms with Gasteiger partial charge in [-0.15, -0.1) is 0 Å². The molecule has 1 heteroatoms. The lowest BCUT2D eigenvalue weighted by Crippen LogP contribution is -2.23. The smallest absolute Gasteiger partial charge is 0.0514 e. The topological polar surface area (TPSA) is 20.2 Å². The summed E-state index contributed by atoms with van der Waals surface area (Å²) in [5.74, 6) is 0.604. The van der Waals surface area contributed by atoms with E-state index in [4.69, 9.17) is 0 Å². The molecule has 0 amide bonds. The van der Waals surface area contributed by atoms with E-state index in [1.54, 1.807) is 0 Å². The van der Waals surface area contributed by atoms with Crippen molar-refractivity contribution in [3.05, 3.63) is 0 Å². The Bertz CT molecular complexity index is 105. The van der Waals surface area contributed by atoms with E-state index < -0.39 is 0 Å². The van der Waals surface area contributed by atoms with E-state index in [0.29, 0.717) is 11.3 Å². The second-order valence-corrected chi connectivity index (χ2v) is 4.33. The lowest BCUT2D eigenvalue weighted by molar-refractivity contribution is 0.113. The SMILES string of the molecule is CCC(C)(C)C(C)CC(C)O. The van der Waals surface area contributed by atoms with Crippen molar-refractivity contribution < 1.29 is 5.11 Å². The maximum Gasteiger partial charge on any atom is 0.0514 e. The summed E-state index contributed by atoms with van der Waals surface area (Å²) in [6.45, 7) is 10.8. The molecule has 0 aliphatic carbocycles. The van der Waals surface area contributed by atoms with Crippen molar-refractivity contribution in [2.45, 2.75) is 53.6 Å². The highest BCUT2D eigenvalue weighted by Gasteiger charge is 2.24. The van der Waals surface area contributed by atoms with Crippen LogP contribution in [0.2, 0.25) is 0 Å². The van der Waals surface area contributed by atoms with Gasteiger partial charge in [-0.25, -0.2) is 0 Å². The van der Waals surface area contributed by atoms with Crippen molar-refractivity contribution in [1.82, 2.24) is 0 Å². The fourth-order valence-corrected chi connectivity index (χ4v) is 1.18. The fourth-order valence-electron chi connectivity index (χ4n) is 1.18. The van der Waals surface area contributed by atoms with Crippen molar-refractivity contribution in [3.63, 3.8) is 0 Å². The van der Waals surface area contributed by atoms with Crippen LogP contribution >= 0.6 is 0 Å². The van der Waals surface area contributed by atoms with Crippen LogP contribution in [0.5, 0.6) is 0 Å². The van der Waals surface area contributed by atoms with Crippen LogP contribution < -0.4 is 0 Å². The first-order valence-electron chi connectivity index (χ1n) is 4.58. The molecule has 0 aliphatic rings. The van der Waals surface area contributed by atoms with Gasteiger partial charge in [0.2, 0.25) is 0 Å². The molecule has 0 aromatic heterocycles. The van der Waals surface area contributed by atoms with Gasteiger partial charge in [-0.05, 0) is 24.7 Å². The molecule has 1 nitrogen and oxygen atoms in total. The minimum atomic E-state index is -0.157. The van der Waals surface area contributed by atoms with E-state index in [-0.39, 0.29) is 6.10 Å². The molecular weight excluding hydrogens is 136 g/mol. The van der Waals surface area contributed by atoms with E-state index in [0.717, 1.165) is 6.42 Å². The number of hydrogen-bond acceptors (Lipinski definition) is 1. The molecule has 0 aromatic rings. The molecule has 1 N–H and O–H groups in total. The summed E-state index contributed by atoms with van der Waals surface area (Å²) in [7, 11) is 0. The molecule has 0 fully saturated rings. The summed E-state index contributed by atoms with van der Waals surface area (Å²) >= 11 is 0. The molecule has 0 saturated carbocycles. The van der Waals surface area contributed by atoms with Crippen LogP contribution in [-0.2, 0) is 0 Å². The van der Waals surface area contributed by atoms with Gasteiger partial charge in [0.25, 0.3) is 0 Å². The third kappa shape index (κ3) is 3.76. The quantitative estimate of drug-likeness (QED) is 0.667. The van der Waals surface area contributed by atoms with E-state index in [2.05, 4.69) is 27.7 Å². The highest BCUT2D eigenvalue weighted by molar-refractivity contribution is 4.74. The lowest BCUT2D eigenvalue weighted by atomic mass is 9.75. The summed E-state index contributed by atoms with van der Waals surface area (Å²) in [5, 5.41) is 9.18. The molecule has 68 valence electrons. The van der Waals surface area contributed by atoms with Crippen LogP contribution in [0.3, 0.4) is 0 Å². The zero-order valence-electron chi connectivity index (χ0n) is 8.52. The van der Waals surface area contributed by atoms with Crippen molar-refractivity contribution in [2.75, 3.05) is 0 Å². The van der Waals surface area contributed by atoms with Gasteiger partial charge >= 0.3 is 0 Å². The fraction of sp³-hybridized carbons (Fsp3) is 1.00. The maximum atomic E-state index is 9.18. The van der Waals surface area contributed by atoms with Crippen molar-refractivity contribution in [2.24, 2.45) is 11.3 Å². The van der Waals surface area contributed by atoms with Crippen LogP contribution in [-0.4, -0.2) is 11.2 Å². The van der Waals surface area contributed by atoms with Crippen LogP contribution in [0.25, 0.3) is 0 Å². The zero-order chi connectivity index (χ0) is 9.07. The van der Waals surface area contributed by atoms with Gasteiger partial charge in [0.15, 0.2) is 0 Å². The van der Waals surface area contributed by atoms with E-state index in [1.807, 2.05) is 6.92 Å². The van der Waals surface area contributed by atoms with Crippen molar-refractivity contribution in [1.29, 1.82) is 0 Å². The van der Waals surface area contributed by atoms with Crippen LogP contribution in [0.15, 0.2) is 0 Å². The normalized spacial score (nSPS) is 18.0. The van der Waals surface area contributed by atoms with Crippen LogP contribution in [0.4, 0.5) is 0 Å². The Morgan fingerprint density at radius 3 is 2.00 bits per heavy atom. The summed E-state index contributed by atoms with van der Waals surface area (Å²) in [6.07, 6.45) is 1.94. The Labute approximate surface area is 70.8 Å².